The van der Waals surface area contributed by atoms with Crippen molar-refractivity contribution < 1.29 is 9.53 Å². The van der Waals surface area contributed by atoms with Crippen molar-refractivity contribution in [3.63, 3.8) is 0 Å². The fourth-order valence-electron chi connectivity index (χ4n) is 3.12. The number of aromatic nitrogens is 3. The van der Waals surface area contributed by atoms with E-state index in [1.165, 1.54) is 0 Å². The van der Waals surface area contributed by atoms with Crippen LogP contribution in [-0.4, -0.2) is 32.4 Å². The summed E-state index contributed by atoms with van der Waals surface area (Å²) in [6.45, 7) is 3.94. The monoisotopic (exact) mass is 525 g/mol. The molecule has 0 bridgehead atoms. The molecule has 10 heteroatoms. The molecule has 0 atom stereocenters. The first-order chi connectivity index (χ1) is 17.0. The number of nitrogens with zero attached hydrogens (tertiary/aromatic N) is 4. The number of hydrogen-bond acceptors (Lipinski definition) is 7. The number of ether oxygens (including phenoxy) is 1. The lowest BCUT2D eigenvalue weighted by Gasteiger charge is -2.12. The molecule has 0 spiro atoms. The summed E-state index contributed by atoms with van der Waals surface area (Å²) >= 11 is 13.6. The molecule has 3 aromatic carbocycles. The Bertz CT molecular complexity index is 1360. The molecule has 0 fully saturated rings. The Morgan fingerprint density at radius 3 is 2.49 bits per heavy atom. The minimum atomic E-state index is -0.578. The van der Waals surface area contributed by atoms with Gasteiger partial charge in [0.1, 0.15) is 0 Å². The predicted molar refractivity (Wildman–Crippen MR) is 142 cm³/mol. The average Bonchev–Trinajstić information content (AvgIpc) is 3.26. The lowest BCUT2D eigenvalue weighted by molar-refractivity contribution is -0.134. The number of thioether (sulfide) groups is 1. The number of carbonyl (C=O) groups is 1. The van der Waals surface area contributed by atoms with E-state index in [0.717, 1.165) is 28.7 Å². The smallest absolute Gasteiger partial charge is 0.365 e. The lowest BCUT2D eigenvalue weighted by atomic mass is 10.2. The normalized spacial score (nSPS) is 11.4. The molecule has 7 nitrogen and oxygen atoms in total. The number of aryl methyl sites for hydroxylation is 1. The minimum absolute atomic E-state index is 0.0748. The Kier molecular flexibility index (Phi) is 8.07. The molecule has 4 aromatic rings. The van der Waals surface area contributed by atoms with Crippen LogP contribution in [0.5, 0.6) is 0 Å². The van der Waals surface area contributed by atoms with Gasteiger partial charge in [0.2, 0.25) is 10.2 Å². The third-order valence-electron chi connectivity index (χ3n) is 4.80. The van der Waals surface area contributed by atoms with Crippen LogP contribution in [0.2, 0.25) is 10.0 Å². The summed E-state index contributed by atoms with van der Waals surface area (Å²) in [5.41, 5.74) is 6.20. The molecule has 0 saturated heterocycles. The summed E-state index contributed by atoms with van der Waals surface area (Å²) in [5.74, 6) is -0.0825. The van der Waals surface area contributed by atoms with Gasteiger partial charge >= 0.3 is 5.97 Å². The number of hydrogen-bond donors (Lipinski definition) is 1. The first-order valence-electron chi connectivity index (χ1n) is 10.7. The third-order valence-corrected chi connectivity index (χ3v) is 6.24. The van der Waals surface area contributed by atoms with Crippen LogP contribution in [0.25, 0.3) is 17.1 Å². The zero-order valence-corrected chi connectivity index (χ0v) is 21.2. The number of nitrogens with one attached hydrogen (secondary N) is 1. The highest BCUT2D eigenvalue weighted by Gasteiger charge is 2.23. The van der Waals surface area contributed by atoms with E-state index in [-0.39, 0.29) is 11.7 Å². The van der Waals surface area contributed by atoms with Gasteiger partial charge in [0, 0.05) is 16.3 Å². The molecule has 0 radical (unpaired) electrons. The van der Waals surface area contributed by atoms with E-state index in [4.69, 9.17) is 27.9 Å². The average molecular weight is 526 g/mol. The minimum Gasteiger partial charge on any atom is -0.461 e. The van der Waals surface area contributed by atoms with Crippen molar-refractivity contribution in [2.24, 2.45) is 5.10 Å². The van der Waals surface area contributed by atoms with E-state index >= 15 is 0 Å². The van der Waals surface area contributed by atoms with Gasteiger partial charge in [-0.25, -0.2) is 4.79 Å². The number of rotatable bonds is 6. The van der Waals surface area contributed by atoms with Crippen LogP contribution >= 0.6 is 35.0 Å². The Morgan fingerprint density at radius 2 is 1.80 bits per heavy atom. The summed E-state index contributed by atoms with van der Waals surface area (Å²) in [7, 11) is 0. The Labute approximate surface area is 217 Å². The van der Waals surface area contributed by atoms with Gasteiger partial charge in [0.05, 0.1) is 17.3 Å². The summed E-state index contributed by atoms with van der Waals surface area (Å²) in [6.07, 6.45) is 0. The highest BCUT2D eigenvalue weighted by molar-refractivity contribution is 8.15. The van der Waals surface area contributed by atoms with Gasteiger partial charge in [0.25, 0.3) is 0 Å². The number of benzene rings is 3. The molecule has 35 heavy (non-hydrogen) atoms. The predicted octanol–water partition coefficient (Wildman–Crippen LogP) is 6.63. The van der Waals surface area contributed by atoms with Crippen molar-refractivity contribution in [3.8, 4) is 17.1 Å². The van der Waals surface area contributed by atoms with Crippen LogP contribution in [0.4, 0.5) is 5.69 Å². The molecule has 1 heterocycles. The topological polar surface area (TPSA) is 81.4 Å². The largest absolute Gasteiger partial charge is 0.461 e. The number of carbonyl (C=O) groups excluding carboxylic acids is 1. The number of anilines is 1. The van der Waals surface area contributed by atoms with Crippen LogP contribution < -0.4 is 5.43 Å². The molecule has 0 aliphatic heterocycles. The second kappa shape index (κ2) is 11.4. The molecule has 0 amide bonds. The fraction of sp³-hybridized carbons (Fsp3) is 0.120. The van der Waals surface area contributed by atoms with E-state index in [2.05, 4.69) is 20.7 Å². The van der Waals surface area contributed by atoms with Crippen LogP contribution in [0.1, 0.15) is 12.5 Å². The van der Waals surface area contributed by atoms with E-state index in [0.29, 0.717) is 26.6 Å². The number of halogens is 2. The van der Waals surface area contributed by atoms with Crippen LogP contribution in [0, 0.1) is 6.92 Å². The first-order valence-corrected chi connectivity index (χ1v) is 12.2. The van der Waals surface area contributed by atoms with E-state index < -0.39 is 5.97 Å². The van der Waals surface area contributed by atoms with Crippen molar-refractivity contribution in [1.29, 1.82) is 0 Å². The maximum atomic E-state index is 12.7. The second-order valence-corrected chi connectivity index (χ2v) is 9.12. The van der Waals surface area contributed by atoms with Crippen molar-refractivity contribution >= 4 is 51.7 Å². The van der Waals surface area contributed by atoms with E-state index in [1.807, 2.05) is 61.5 Å². The van der Waals surface area contributed by atoms with Gasteiger partial charge in [-0.1, -0.05) is 59.1 Å². The second-order valence-electron chi connectivity index (χ2n) is 7.32. The molecule has 1 N–H and O–H groups in total. The van der Waals surface area contributed by atoms with Gasteiger partial charge in [-0.2, -0.15) is 5.10 Å². The molecule has 0 saturated carbocycles. The van der Waals surface area contributed by atoms with Crippen LogP contribution in [-0.2, 0) is 9.53 Å². The summed E-state index contributed by atoms with van der Waals surface area (Å²) in [5, 5.41) is 14.5. The maximum Gasteiger partial charge on any atom is 0.365 e. The molecule has 4 rings (SSSR count). The first kappa shape index (κ1) is 24.8. The maximum absolute atomic E-state index is 12.7. The summed E-state index contributed by atoms with van der Waals surface area (Å²) in [4.78, 5) is 12.7. The number of esters is 1. The van der Waals surface area contributed by atoms with E-state index in [9.17, 15) is 4.79 Å². The van der Waals surface area contributed by atoms with Crippen molar-refractivity contribution in [2.75, 3.05) is 12.0 Å². The van der Waals surface area contributed by atoms with Gasteiger partial charge in [-0.3, -0.25) is 9.99 Å². The van der Waals surface area contributed by atoms with Crippen LogP contribution in [0.15, 0.2) is 83.1 Å². The van der Waals surface area contributed by atoms with Crippen molar-refractivity contribution in [3.05, 3.63) is 88.4 Å². The quantitative estimate of drug-likeness (QED) is 0.0999. The third kappa shape index (κ3) is 6.03. The van der Waals surface area contributed by atoms with Crippen LogP contribution in [0.3, 0.4) is 0 Å². The molecule has 0 aliphatic carbocycles. The molecular formula is C25H21Cl2N5O2S. The Morgan fingerprint density at radius 1 is 1.06 bits per heavy atom. The zero-order chi connectivity index (χ0) is 24.8. The molecule has 0 aliphatic rings. The Hall–Kier alpha value is -3.33. The van der Waals surface area contributed by atoms with Gasteiger partial charge in [-0.15, -0.1) is 10.2 Å². The summed E-state index contributed by atoms with van der Waals surface area (Å²) in [6, 6.07) is 22.3. The highest BCUT2D eigenvalue weighted by atomic mass is 35.5. The van der Waals surface area contributed by atoms with Crippen molar-refractivity contribution in [1.82, 2.24) is 14.8 Å². The molecular weight excluding hydrogens is 505 g/mol. The number of hydrazone groups is 1. The number of para-hydroxylation sites is 1. The molecule has 1 aromatic heterocycles. The van der Waals surface area contributed by atoms with Gasteiger partial charge in [-0.05, 0) is 68.1 Å². The zero-order valence-electron chi connectivity index (χ0n) is 18.9. The van der Waals surface area contributed by atoms with Crippen molar-refractivity contribution in [2.45, 2.75) is 19.0 Å². The molecule has 178 valence electrons. The fourth-order valence-corrected chi connectivity index (χ4v) is 4.39. The summed E-state index contributed by atoms with van der Waals surface area (Å²) < 4.78 is 7.04. The van der Waals surface area contributed by atoms with Gasteiger partial charge in [0.15, 0.2) is 5.82 Å². The standard InChI is InChI=1S/C25H21Cl2N5O2S/c1-3-34-24(33)23(30-28-18-12-9-16(2)10-13-18)35-25-31-29-22(20-14-11-17(26)15-21(20)27)32(25)19-7-5-4-6-8-19/h4-15,28H,3H2,1-2H3. The Balaban J connectivity index is 1.76. The molecule has 0 unspecified atom stereocenters. The van der Waals surface area contributed by atoms with Gasteiger partial charge < -0.3 is 4.74 Å². The SMILES string of the molecule is CCOC(=O)C(=NNc1ccc(C)cc1)Sc1nnc(-c2ccc(Cl)cc2Cl)n1-c1ccccc1. The lowest BCUT2D eigenvalue weighted by Crippen LogP contribution is -2.17. The highest BCUT2D eigenvalue weighted by Crippen LogP contribution is 2.34. The van der Waals surface area contributed by atoms with E-state index in [1.54, 1.807) is 29.7 Å².